The van der Waals surface area contributed by atoms with E-state index in [1.54, 1.807) is 12.1 Å². The Balaban J connectivity index is 0.000000259. The predicted octanol–water partition coefficient (Wildman–Crippen LogP) is 12.8. The van der Waals surface area contributed by atoms with E-state index in [0.717, 1.165) is 62.4 Å². The van der Waals surface area contributed by atoms with Crippen LogP contribution in [0.2, 0.25) is 0 Å². The summed E-state index contributed by atoms with van der Waals surface area (Å²) in [7, 11) is 0. The molecule has 0 saturated heterocycles. The molecule has 7 aromatic carbocycles. The SMILES string of the molecule is N=CC1C=CC(c2ccc(-c3ccccc3F)cc2)=C2Oc3c(-c4ccccc4)cc(-c4ccccc4)cc3C21.c1ccc(Cc2ccccc2)cc1. The zero-order valence-electron chi connectivity index (χ0n) is 29.2. The summed E-state index contributed by atoms with van der Waals surface area (Å²) < 4.78 is 21.2. The molecule has 53 heavy (non-hydrogen) atoms. The van der Waals surface area contributed by atoms with Crippen molar-refractivity contribution in [3.05, 3.63) is 228 Å². The Labute approximate surface area is 310 Å². The van der Waals surface area contributed by atoms with E-state index in [4.69, 9.17) is 10.1 Å². The van der Waals surface area contributed by atoms with E-state index >= 15 is 0 Å². The van der Waals surface area contributed by atoms with Gasteiger partial charge in [-0.1, -0.05) is 176 Å². The highest BCUT2D eigenvalue weighted by molar-refractivity contribution is 5.88. The van der Waals surface area contributed by atoms with Crippen LogP contribution in [0.1, 0.15) is 28.2 Å². The minimum Gasteiger partial charge on any atom is -0.459 e. The Morgan fingerprint density at radius 1 is 0.528 bits per heavy atom. The van der Waals surface area contributed by atoms with E-state index in [-0.39, 0.29) is 17.7 Å². The zero-order chi connectivity index (χ0) is 36.0. The lowest BCUT2D eigenvalue weighted by Crippen LogP contribution is -2.16. The fourth-order valence-electron chi connectivity index (χ4n) is 7.29. The summed E-state index contributed by atoms with van der Waals surface area (Å²) in [5.41, 5.74) is 11.6. The monoisotopic (exact) mass is 687 g/mol. The summed E-state index contributed by atoms with van der Waals surface area (Å²) >= 11 is 0. The molecule has 0 fully saturated rings. The van der Waals surface area contributed by atoms with Crippen LogP contribution in [0, 0.1) is 17.1 Å². The van der Waals surface area contributed by atoms with E-state index in [9.17, 15) is 4.39 Å². The molecule has 3 heteroatoms. The second kappa shape index (κ2) is 15.3. The van der Waals surface area contributed by atoms with Crippen molar-refractivity contribution < 1.29 is 9.13 Å². The molecule has 9 rings (SSSR count). The van der Waals surface area contributed by atoms with E-state index in [2.05, 4.69) is 121 Å². The average Bonchev–Trinajstić information content (AvgIpc) is 3.62. The Hall–Kier alpha value is -6.58. The first-order valence-electron chi connectivity index (χ1n) is 18.0. The van der Waals surface area contributed by atoms with E-state index < -0.39 is 0 Å². The van der Waals surface area contributed by atoms with Crippen LogP contribution in [0.25, 0.3) is 39.0 Å². The normalized spacial score (nSPS) is 15.4. The highest BCUT2D eigenvalue weighted by atomic mass is 19.1. The summed E-state index contributed by atoms with van der Waals surface area (Å²) in [4.78, 5) is 0. The summed E-state index contributed by atoms with van der Waals surface area (Å²) in [6.45, 7) is 0. The number of halogens is 1. The van der Waals surface area contributed by atoms with Crippen LogP contribution in [0.5, 0.6) is 5.75 Å². The van der Waals surface area contributed by atoms with Crippen molar-refractivity contribution in [3.63, 3.8) is 0 Å². The fourth-order valence-corrected chi connectivity index (χ4v) is 7.29. The van der Waals surface area contributed by atoms with Gasteiger partial charge in [-0.3, -0.25) is 0 Å². The Morgan fingerprint density at radius 2 is 1.06 bits per heavy atom. The lowest BCUT2D eigenvalue weighted by atomic mass is 9.78. The molecule has 1 N–H and O–H groups in total. The van der Waals surface area contributed by atoms with Crippen LogP contribution in [0.15, 0.2) is 200 Å². The number of rotatable bonds is 7. The van der Waals surface area contributed by atoms with Gasteiger partial charge in [0, 0.05) is 34.4 Å². The second-order valence-electron chi connectivity index (χ2n) is 13.3. The third kappa shape index (κ3) is 7.15. The highest BCUT2D eigenvalue weighted by Gasteiger charge is 2.40. The standard InChI is InChI=1S/C37H26FNO.C13H12/c38-34-14-8-7-13-30(34)26-15-17-27(18-16-26)31-20-19-28(23-39)35-33-22-29(24-9-3-1-4-10-24)21-32(36(33)40-37(31)35)25-11-5-2-6-12-25;1-3-7-12(8-4-1)11-13-9-5-2-6-10-13/h1-23,28,35,39H;1-10H,11H2. The van der Waals surface area contributed by atoms with Gasteiger partial charge in [-0.15, -0.1) is 0 Å². The predicted molar refractivity (Wildman–Crippen MR) is 217 cm³/mol. The minimum absolute atomic E-state index is 0.107. The molecule has 0 spiro atoms. The van der Waals surface area contributed by atoms with Crippen molar-refractivity contribution in [2.24, 2.45) is 5.92 Å². The molecule has 0 bridgehead atoms. The molecule has 1 aliphatic heterocycles. The smallest absolute Gasteiger partial charge is 0.138 e. The van der Waals surface area contributed by atoms with E-state index in [0.29, 0.717) is 5.56 Å². The lowest BCUT2D eigenvalue weighted by molar-refractivity contribution is 0.421. The molecule has 1 heterocycles. The maximum Gasteiger partial charge on any atom is 0.138 e. The first kappa shape index (κ1) is 33.6. The van der Waals surface area contributed by atoms with Gasteiger partial charge in [0.25, 0.3) is 0 Å². The number of benzene rings is 7. The molecule has 0 amide bonds. The van der Waals surface area contributed by atoms with Crippen LogP contribution in [-0.4, -0.2) is 6.21 Å². The van der Waals surface area contributed by atoms with Crippen molar-refractivity contribution in [3.8, 4) is 39.1 Å². The topological polar surface area (TPSA) is 33.1 Å². The van der Waals surface area contributed by atoms with Gasteiger partial charge in [-0.05, 0) is 63.6 Å². The fraction of sp³-hybridized carbons (Fsp3) is 0.0600. The molecule has 2 nitrogen and oxygen atoms in total. The van der Waals surface area contributed by atoms with Gasteiger partial charge in [-0.25, -0.2) is 4.39 Å². The van der Waals surface area contributed by atoms with Gasteiger partial charge in [0.2, 0.25) is 0 Å². The molecule has 0 aromatic heterocycles. The Morgan fingerprint density at radius 3 is 1.66 bits per heavy atom. The van der Waals surface area contributed by atoms with Crippen molar-refractivity contribution in [1.29, 1.82) is 5.41 Å². The van der Waals surface area contributed by atoms with Crippen LogP contribution < -0.4 is 4.74 Å². The third-order valence-corrected chi connectivity index (χ3v) is 9.94. The molecule has 2 unspecified atom stereocenters. The number of fused-ring (bicyclic) bond motifs is 3. The molecular formula is C50H38FNO. The van der Waals surface area contributed by atoms with Crippen molar-refractivity contribution in [2.45, 2.75) is 12.3 Å². The zero-order valence-corrected chi connectivity index (χ0v) is 29.2. The highest BCUT2D eigenvalue weighted by Crippen LogP contribution is 2.54. The summed E-state index contributed by atoms with van der Waals surface area (Å²) in [5, 5.41) is 8.25. The summed E-state index contributed by atoms with van der Waals surface area (Å²) in [6.07, 6.45) is 6.69. The first-order valence-corrected chi connectivity index (χ1v) is 18.0. The van der Waals surface area contributed by atoms with E-state index in [1.165, 1.54) is 23.4 Å². The minimum atomic E-state index is -0.235. The largest absolute Gasteiger partial charge is 0.459 e. The Bertz CT molecular complexity index is 2360. The third-order valence-electron chi connectivity index (χ3n) is 9.94. The number of hydrogen-bond donors (Lipinski definition) is 1. The van der Waals surface area contributed by atoms with Crippen LogP contribution in [0.4, 0.5) is 4.39 Å². The number of nitrogens with one attached hydrogen (secondary N) is 1. The molecule has 0 saturated carbocycles. The van der Waals surface area contributed by atoms with Crippen LogP contribution in [0.3, 0.4) is 0 Å². The van der Waals surface area contributed by atoms with Gasteiger partial charge in [0.05, 0.1) is 5.92 Å². The molecule has 2 atom stereocenters. The average molecular weight is 688 g/mol. The van der Waals surface area contributed by atoms with Gasteiger partial charge >= 0.3 is 0 Å². The molecular weight excluding hydrogens is 650 g/mol. The molecule has 1 aliphatic carbocycles. The van der Waals surface area contributed by atoms with Crippen LogP contribution >= 0.6 is 0 Å². The van der Waals surface area contributed by atoms with Gasteiger partial charge in [-0.2, -0.15) is 0 Å². The number of allylic oxidation sites excluding steroid dienone is 4. The van der Waals surface area contributed by atoms with Crippen molar-refractivity contribution >= 4 is 11.8 Å². The second-order valence-corrected chi connectivity index (χ2v) is 13.3. The quantitative estimate of drug-likeness (QED) is 0.166. The van der Waals surface area contributed by atoms with Crippen molar-refractivity contribution in [1.82, 2.24) is 0 Å². The molecule has 7 aromatic rings. The van der Waals surface area contributed by atoms with Gasteiger partial charge in [0.15, 0.2) is 0 Å². The van der Waals surface area contributed by atoms with E-state index in [1.807, 2.05) is 54.6 Å². The summed E-state index contributed by atoms with van der Waals surface area (Å²) in [5.74, 6) is 1.24. The maximum absolute atomic E-state index is 14.4. The van der Waals surface area contributed by atoms with Gasteiger partial charge in [0.1, 0.15) is 17.3 Å². The molecule has 0 radical (unpaired) electrons. The van der Waals surface area contributed by atoms with Crippen LogP contribution in [-0.2, 0) is 6.42 Å². The Kier molecular flexibility index (Phi) is 9.72. The number of ether oxygens (including phenoxy) is 1. The lowest BCUT2D eigenvalue weighted by Gasteiger charge is -2.23. The maximum atomic E-state index is 14.4. The van der Waals surface area contributed by atoms with Crippen molar-refractivity contribution in [2.75, 3.05) is 0 Å². The molecule has 256 valence electrons. The summed E-state index contributed by atoms with van der Waals surface area (Å²) in [6, 6.07) is 61.0. The molecule has 2 aliphatic rings. The number of hydrogen-bond acceptors (Lipinski definition) is 2. The first-order chi connectivity index (χ1) is 26.2. The van der Waals surface area contributed by atoms with Gasteiger partial charge < -0.3 is 10.1 Å².